The average molecular weight is 181 g/mol. The van der Waals surface area contributed by atoms with Crippen LogP contribution in [0.2, 0.25) is 0 Å². The van der Waals surface area contributed by atoms with Gasteiger partial charge in [0.1, 0.15) is 5.78 Å². The topological polar surface area (TPSA) is 20.3 Å². The number of rotatable bonds is 3. The molecule has 0 saturated carbocycles. The molecule has 0 bridgehead atoms. The Balaban J connectivity index is 2.38. The Labute approximate surface area is 80.6 Å². The van der Waals surface area contributed by atoms with Crippen LogP contribution in [0.3, 0.4) is 0 Å². The molecule has 1 aliphatic heterocycles. The molecule has 0 radical (unpaired) electrons. The van der Waals surface area contributed by atoms with Gasteiger partial charge in [-0.3, -0.25) is 9.69 Å². The first kappa shape index (κ1) is 10.5. The van der Waals surface area contributed by atoms with Crippen molar-refractivity contribution >= 4 is 5.78 Å². The van der Waals surface area contributed by atoms with Crippen molar-refractivity contribution < 1.29 is 4.79 Å². The van der Waals surface area contributed by atoms with Crippen molar-refractivity contribution in [3.63, 3.8) is 0 Å². The zero-order valence-electron chi connectivity index (χ0n) is 8.62. The minimum absolute atomic E-state index is 0.313. The van der Waals surface area contributed by atoms with Gasteiger partial charge in [0.05, 0.1) is 0 Å². The number of hydrogen-bond donors (Lipinski definition) is 0. The second-order valence-corrected chi connectivity index (χ2v) is 3.90. The SMILES string of the molecule is C=CC(C)N1CCC(C(C)=O)CC1. The van der Waals surface area contributed by atoms with E-state index < -0.39 is 0 Å². The van der Waals surface area contributed by atoms with E-state index in [1.54, 1.807) is 6.92 Å². The molecule has 0 aromatic rings. The van der Waals surface area contributed by atoms with Crippen LogP contribution >= 0.6 is 0 Å². The molecule has 0 aromatic heterocycles. The first-order valence-corrected chi connectivity index (χ1v) is 5.02. The van der Waals surface area contributed by atoms with Crippen molar-refractivity contribution in [2.45, 2.75) is 32.7 Å². The molecule has 0 aromatic carbocycles. The third-order valence-corrected chi connectivity index (χ3v) is 3.02. The number of ketones is 1. The molecule has 0 N–H and O–H groups in total. The van der Waals surface area contributed by atoms with Crippen LogP contribution in [0.5, 0.6) is 0 Å². The first-order chi connectivity index (χ1) is 6.15. The van der Waals surface area contributed by atoms with Crippen molar-refractivity contribution in [1.82, 2.24) is 4.90 Å². The van der Waals surface area contributed by atoms with Crippen LogP contribution < -0.4 is 0 Å². The largest absolute Gasteiger partial charge is 0.300 e. The van der Waals surface area contributed by atoms with E-state index in [-0.39, 0.29) is 0 Å². The molecule has 1 aliphatic rings. The lowest BCUT2D eigenvalue weighted by atomic mass is 9.93. The molecule has 0 amide bonds. The Morgan fingerprint density at radius 3 is 2.46 bits per heavy atom. The summed E-state index contributed by atoms with van der Waals surface area (Å²) in [6.45, 7) is 9.72. The third-order valence-electron chi connectivity index (χ3n) is 3.02. The highest BCUT2D eigenvalue weighted by Crippen LogP contribution is 2.19. The number of carbonyl (C=O) groups is 1. The van der Waals surface area contributed by atoms with Crippen molar-refractivity contribution in [2.24, 2.45) is 5.92 Å². The molecule has 1 fully saturated rings. The second-order valence-electron chi connectivity index (χ2n) is 3.90. The number of Topliss-reactive ketones (excluding diaryl/α,β-unsaturated/α-hetero) is 1. The average Bonchev–Trinajstić information content (AvgIpc) is 2.17. The van der Waals surface area contributed by atoms with E-state index in [4.69, 9.17) is 0 Å². The fourth-order valence-corrected chi connectivity index (χ4v) is 1.86. The maximum atomic E-state index is 11.1. The fourth-order valence-electron chi connectivity index (χ4n) is 1.86. The van der Waals surface area contributed by atoms with E-state index in [9.17, 15) is 4.79 Å². The van der Waals surface area contributed by atoms with Crippen LogP contribution in [0.15, 0.2) is 12.7 Å². The number of hydrogen-bond acceptors (Lipinski definition) is 2. The van der Waals surface area contributed by atoms with Gasteiger partial charge in [-0.1, -0.05) is 6.08 Å². The molecule has 2 nitrogen and oxygen atoms in total. The van der Waals surface area contributed by atoms with Crippen LogP contribution in [0, 0.1) is 5.92 Å². The van der Waals surface area contributed by atoms with Gasteiger partial charge in [-0.2, -0.15) is 0 Å². The van der Waals surface area contributed by atoms with Crippen molar-refractivity contribution in [3.8, 4) is 0 Å². The monoisotopic (exact) mass is 181 g/mol. The number of likely N-dealkylation sites (tertiary alicyclic amines) is 1. The third kappa shape index (κ3) is 2.66. The Morgan fingerprint density at radius 2 is 2.08 bits per heavy atom. The summed E-state index contributed by atoms with van der Waals surface area (Å²) in [7, 11) is 0. The van der Waals surface area contributed by atoms with E-state index >= 15 is 0 Å². The quantitative estimate of drug-likeness (QED) is 0.619. The van der Waals surface area contributed by atoms with Crippen molar-refractivity contribution in [2.75, 3.05) is 13.1 Å². The first-order valence-electron chi connectivity index (χ1n) is 5.02. The maximum absolute atomic E-state index is 11.1. The predicted molar refractivity (Wildman–Crippen MR) is 54.6 cm³/mol. The summed E-state index contributed by atoms with van der Waals surface area (Å²) in [6, 6.07) is 0.452. The fraction of sp³-hybridized carbons (Fsp3) is 0.727. The molecule has 1 rings (SSSR count). The maximum Gasteiger partial charge on any atom is 0.133 e. The number of piperidine rings is 1. The summed E-state index contributed by atoms with van der Waals surface area (Å²) in [5, 5.41) is 0. The smallest absolute Gasteiger partial charge is 0.133 e. The van der Waals surface area contributed by atoms with Gasteiger partial charge >= 0.3 is 0 Å². The summed E-state index contributed by atoms with van der Waals surface area (Å²) in [5.74, 6) is 0.666. The second kappa shape index (κ2) is 4.56. The molecule has 1 heterocycles. The van der Waals surface area contributed by atoms with Crippen molar-refractivity contribution in [3.05, 3.63) is 12.7 Å². The molecule has 0 spiro atoms. The molecule has 2 heteroatoms. The number of carbonyl (C=O) groups excluding carboxylic acids is 1. The van der Waals surface area contributed by atoms with Gasteiger partial charge in [-0.05, 0) is 39.8 Å². The van der Waals surface area contributed by atoms with E-state index in [1.807, 2.05) is 6.08 Å². The van der Waals surface area contributed by atoms with Gasteiger partial charge in [0.15, 0.2) is 0 Å². The molecule has 1 unspecified atom stereocenters. The Kier molecular flexibility index (Phi) is 3.67. The normalized spacial score (nSPS) is 22.6. The minimum Gasteiger partial charge on any atom is -0.300 e. The lowest BCUT2D eigenvalue weighted by Crippen LogP contribution is -2.40. The molecule has 1 saturated heterocycles. The molecule has 13 heavy (non-hydrogen) atoms. The highest BCUT2D eigenvalue weighted by Gasteiger charge is 2.23. The van der Waals surface area contributed by atoms with Gasteiger partial charge in [-0.25, -0.2) is 0 Å². The lowest BCUT2D eigenvalue weighted by Gasteiger charge is -2.33. The van der Waals surface area contributed by atoms with E-state index in [0.29, 0.717) is 17.7 Å². The standard InChI is InChI=1S/C11H19NO/c1-4-9(2)12-7-5-11(6-8-12)10(3)13/h4,9,11H,1,5-8H2,2-3H3. The Bertz CT molecular complexity index is 192. The highest BCUT2D eigenvalue weighted by atomic mass is 16.1. The Morgan fingerprint density at radius 1 is 1.54 bits per heavy atom. The van der Waals surface area contributed by atoms with Crippen LogP contribution in [-0.4, -0.2) is 29.8 Å². The van der Waals surface area contributed by atoms with Gasteiger partial charge in [0.2, 0.25) is 0 Å². The Hall–Kier alpha value is -0.630. The summed E-state index contributed by atoms with van der Waals surface area (Å²) >= 11 is 0. The van der Waals surface area contributed by atoms with Crippen LogP contribution in [-0.2, 0) is 4.79 Å². The molecule has 0 aliphatic carbocycles. The van der Waals surface area contributed by atoms with Crippen LogP contribution in [0.1, 0.15) is 26.7 Å². The van der Waals surface area contributed by atoms with Crippen LogP contribution in [0.4, 0.5) is 0 Å². The minimum atomic E-state index is 0.313. The van der Waals surface area contributed by atoms with E-state index in [2.05, 4.69) is 18.4 Å². The highest BCUT2D eigenvalue weighted by molar-refractivity contribution is 5.78. The number of nitrogens with zero attached hydrogens (tertiary/aromatic N) is 1. The van der Waals surface area contributed by atoms with E-state index in [1.165, 1.54) is 0 Å². The van der Waals surface area contributed by atoms with Gasteiger partial charge in [-0.15, -0.1) is 6.58 Å². The predicted octanol–water partition coefficient (Wildman–Crippen LogP) is 1.86. The zero-order valence-corrected chi connectivity index (χ0v) is 8.62. The molecule has 74 valence electrons. The molecular weight excluding hydrogens is 162 g/mol. The zero-order chi connectivity index (χ0) is 9.84. The van der Waals surface area contributed by atoms with E-state index in [0.717, 1.165) is 25.9 Å². The lowest BCUT2D eigenvalue weighted by molar-refractivity contribution is -0.122. The van der Waals surface area contributed by atoms with Gasteiger partial charge < -0.3 is 0 Å². The molecule has 1 atom stereocenters. The molecular formula is C11H19NO. The van der Waals surface area contributed by atoms with Crippen LogP contribution in [0.25, 0.3) is 0 Å². The van der Waals surface area contributed by atoms with Gasteiger partial charge in [0.25, 0.3) is 0 Å². The van der Waals surface area contributed by atoms with Gasteiger partial charge in [0, 0.05) is 12.0 Å². The summed E-state index contributed by atoms with van der Waals surface area (Å²) in [5.41, 5.74) is 0. The van der Waals surface area contributed by atoms with Crippen molar-refractivity contribution in [1.29, 1.82) is 0 Å². The summed E-state index contributed by atoms with van der Waals surface area (Å²) < 4.78 is 0. The summed E-state index contributed by atoms with van der Waals surface area (Å²) in [6.07, 6.45) is 4.01. The summed E-state index contributed by atoms with van der Waals surface area (Å²) in [4.78, 5) is 13.5.